The summed E-state index contributed by atoms with van der Waals surface area (Å²) in [5.74, 6) is -3.57. The molecule has 0 spiro atoms. The molecule has 0 saturated heterocycles. The Hall–Kier alpha value is -2.45. The Bertz CT molecular complexity index is 601. The van der Waals surface area contributed by atoms with Crippen molar-refractivity contribution in [3.05, 3.63) is 23.3 Å². The predicted molar refractivity (Wildman–Crippen MR) is 68.8 cm³/mol. The fourth-order valence-corrected chi connectivity index (χ4v) is 2.41. The molecule has 8 heteroatoms. The van der Waals surface area contributed by atoms with Crippen LogP contribution < -0.4 is 11.2 Å². The second-order valence-electron chi connectivity index (χ2n) is 4.84. The highest BCUT2D eigenvalue weighted by Crippen LogP contribution is 2.36. The lowest BCUT2D eigenvalue weighted by Crippen LogP contribution is -2.54. The number of benzene rings is 1. The fourth-order valence-electron chi connectivity index (χ4n) is 2.41. The number of phenolic OH excluding ortho intramolecular Hbond substituents is 2. The molecule has 112 valence electrons. The van der Waals surface area contributed by atoms with Crippen molar-refractivity contribution in [1.82, 2.24) is 5.48 Å². The van der Waals surface area contributed by atoms with Crippen molar-refractivity contribution in [2.24, 2.45) is 5.73 Å². The smallest absolute Gasteiger partial charge is 0.282 e. The van der Waals surface area contributed by atoms with Crippen molar-refractivity contribution in [2.45, 2.75) is 24.8 Å². The van der Waals surface area contributed by atoms with Crippen molar-refractivity contribution < 1.29 is 29.8 Å². The van der Waals surface area contributed by atoms with Crippen LogP contribution in [-0.2, 0) is 15.1 Å². The number of nitrogens with two attached hydrogens (primary N) is 1. The van der Waals surface area contributed by atoms with Gasteiger partial charge in [0, 0.05) is 12.8 Å². The van der Waals surface area contributed by atoms with Crippen LogP contribution in [-0.4, -0.2) is 32.9 Å². The number of hydrogen-bond acceptors (Lipinski definition) is 7. The van der Waals surface area contributed by atoms with E-state index in [0.29, 0.717) is 6.42 Å². The van der Waals surface area contributed by atoms with Gasteiger partial charge in [-0.05, 0) is 24.1 Å². The van der Waals surface area contributed by atoms with Gasteiger partial charge in [-0.25, -0.2) is 5.48 Å². The van der Waals surface area contributed by atoms with Gasteiger partial charge in [0.15, 0.2) is 17.1 Å². The summed E-state index contributed by atoms with van der Waals surface area (Å²) in [4.78, 5) is 35.3. The van der Waals surface area contributed by atoms with Crippen LogP contribution in [0.3, 0.4) is 0 Å². The van der Waals surface area contributed by atoms with Crippen LogP contribution in [0.4, 0.5) is 0 Å². The first kappa shape index (κ1) is 14.9. The maximum absolute atomic E-state index is 12.0. The Morgan fingerprint density at radius 2 is 1.62 bits per heavy atom. The zero-order valence-electron chi connectivity index (χ0n) is 10.9. The van der Waals surface area contributed by atoms with Gasteiger partial charge in [0.05, 0.1) is 0 Å². The minimum absolute atomic E-state index is 0.0957. The maximum atomic E-state index is 12.0. The Morgan fingerprint density at radius 3 is 2.05 bits per heavy atom. The summed E-state index contributed by atoms with van der Waals surface area (Å²) in [5, 5.41) is 28.1. The van der Waals surface area contributed by atoms with E-state index >= 15 is 0 Å². The summed E-state index contributed by atoms with van der Waals surface area (Å²) < 4.78 is 0. The summed E-state index contributed by atoms with van der Waals surface area (Å²) in [6.07, 6.45) is 0.630. The molecule has 1 saturated carbocycles. The molecule has 0 atom stereocenters. The summed E-state index contributed by atoms with van der Waals surface area (Å²) in [6, 6.07) is 1.93. The van der Waals surface area contributed by atoms with Gasteiger partial charge in [0.1, 0.15) is 17.1 Å². The highest BCUT2D eigenvalue weighted by atomic mass is 16.5. The van der Waals surface area contributed by atoms with E-state index in [2.05, 4.69) is 0 Å². The van der Waals surface area contributed by atoms with E-state index in [1.54, 1.807) is 0 Å². The number of ketones is 2. The van der Waals surface area contributed by atoms with Crippen LogP contribution in [0.15, 0.2) is 12.1 Å². The molecule has 1 aromatic rings. The van der Waals surface area contributed by atoms with Crippen LogP contribution in [0.5, 0.6) is 11.5 Å². The number of hydrogen-bond donors (Lipinski definition) is 5. The van der Waals surface area contributed by atoms with Gasteiger partial charge in [-0.15, -0.1) is 0 Å². The number of phenols is 2. The highest BCUT2D eigenvalue weighted by molar-refractivity contribution is 6.14. The van der Waals surface area contributed by atoms with Crippen molar-refractivity contribution in [3.63, 3.8) is 0 Å². The number of amides is 1. The molecule has 0 unspecified atom stereocenters. The lowest BCUT2D eigenvalue weighted by atomic mass is 9.75. The average Bonchev–Trinajstić information content (AvgIpc) is 2.43. The molecule has 1 aliphatic rings. The summed E-state index contributed by atoms with van der Waals surface area (Å²) in [6.45, 7) is 0. The van der Waals surface area contributed by atoms with E-state index in [4.69, 9.17) is 10.9 Å². The fraction of sp³-hybridized carbons (Fsp3) is 0.308. The first-order valence-electron chi connectivity index (χ1n) is 6.18. The summed E-state index contributed by atoms with van der Waals surface area (Å²) in [7, 11) is 0. The lowest BCUT2D eigenvalue weighted by Gasteiger charge is -2.31. The number of Topliss-reactive ketones (excluding diaryl/α,β-unsaturated/α-hetero) is 2. The van der Waals surface area contributed by atoms with Crippen LogP contribution >= 0.6 is 0 Å². The molecule has 0 radical (unpaired) electrons. The lowest BCUT2D eigenvalue weighted by molar-refractivity contribution is -0.137. The van der Waals surface area contributed by atoms with Gasteiger partial charge < -0.3 is 15.9 Å². The van der Waals surface area contributed by atoms with Crippen LogP contribution in [0.1, 0.15) is 35.2 Å². The van der Waals surface area contributed by atoms with Crippen LogP contribution in [0, 0.1) is 0 Å². The molecule has 0 heterocycles. The van der Waals surface area contributed by atoms with Crippen molar-refractivity contribution >= 4 is 17.5 Å². The molecule has 1 aromatic carbocycles. The molecule has 0 aliphatic heterocycles. The number of hydroxylamine groups is 1. The number of aromatic hydroxyl groups is 2. The van der Waals surface area contributed by atoms with Gasteiger partial charge in [-0.2, -0.15) is 0 Å². The molecule has 6 N–H and O–H groups in total. The Kier molecular flexibility index (Phi) is 3.67. The zero-order chi connectivity index (χ0) is 15.8. The first-order chi connectivity index (χ1) is 9.82. The molecule has 1 aliphatic carbocycles. The molecule has 0 aromatic heterocycles. The Balaban J connectivity index is 2.58. The largest absolute Gasteiger partial charge is 0.507 e. The van der Waals surface area contributed by atoms with E-state index in [1.165, 1.54) is 5.48 Å². The molecular formula is C13H14N2O6. The van der Waals surface area contributed by atoms with E-state index in [-0.39, 0.29) is 18.4 Å². The van der Waals surface area contributed by atoms with Crippen molar-refractivity contribution in [3.8, 4) is 11.5 Å². The van der Waals surface area contributed by atoms with Crippen LogP contribution in [0.25, 0.3) is 0 Å². The quantitative estimate of drug-likeness (QED) is 0.285. The maximum Gasteiger partial charge on any atom is 0.282 e. The normalized spacial score (nSPS) is 17.6. The minimum Gasteiger partial charge on any atom is -0.507 e. The van der Waals surface area contributed by atoms with E-state index < -0.39 is 40.1 Å². The number of carbonyl (C=O) groups excluding carboxylic acids is 3. The summed E-state index contributed by atoms with van der Waals surface area (Å²) in [5.41, 5.74) is 4.54. The van der Waals surface area contributed by atoms with Gasteiger partial charge in [-0.1, -0.05) is 0 Å². The number of rotatable bonds is 2. The second-order valence-corrected chi connectivity index (χ2v) is 4.84. The van der Waals surface area contributed by atoms with Crippen LogP contribution in [0.2, 0.25) is 0 Å². The SMILES string of the molecule is NC1(c2cc(O)c(C(=O)NO)c(O)c2)C(=O)CCCC1=O. The monoisotopic (exact) mass is 294 g/mol. The highest BCUT2D eigenvalue weighted by Gasteiger charge is 2.45. The molecule has 1 fully saturated rings. The number of nitrogens with one attached hydrogen (secondary N) is 1. The standard InChI is InChI=1S/C13H14N2O6/c14-13(9(18)2-1-3-10(13)19)6-4-7(16)11(8(17)5-6)12(20)15-21/h4-5,16-17,21H,1-3,14H2,(H,15,20). The van der Waals surface area contributed by atoms with Crippen molar-refractivity contribution in [1.29, 1.82) is 0 Å². The molecule has 2 rings (SSSR count). The molecule has 21 heavy (non-hydrogen) atoms. The van der Waals surface area contributed by atoms with Gasteiger partial charge in [-0.3, -0.25) is 19.6 Å². The molecular weight excluding hydrogens is 280 g/mol. The second kappa shape index (κ2) is 5.15. The average molecular weight is 294 g/mol. The predicted octanol–water partition coefficient (Wildman–Crippen LogP) is -0.307. The third-order valence-corrected chi connectivity index (χ3v) is 3.57. The number of carbonyl (C=O) groups is 3. The third kappa shape index (κ3) is 2.24. The third-order valence-electron chi connectivity index (χ3n) is 3.57. The van der Waals surface area contributed by atoms with E-state index in [0.717, 1.165) is 12.1 Å². The molecule has 0 bridgehead atoms. The Labute approximate surface area is 119 Å². The van der Waals surface area contributed by atoms with Gasteiger partial charge in [0.25, 0.3) is 5.91 Å². The van der Waals surface area contributed by atoms with E-state index in [1.807, 2.05) is 0 Å². The zero-order valence-corrected chi connectivity index (χ0v) is 10.9. The first-order valence-corrected chi connectivity index (χ1v) is 6.18. The Morgan fingerprint density at radius 1 is 1.14 bits per heavy atom. The minimum atomic E-state index is -1.94. The molecule has 8 nitrogen and oxygen atoms in total. The topological polar surface area (TPSA) is 150 Å². The van der Waals surface area contributed by atoms with Gasteiger partial charge in [0.2, 0.25) is 0 Å². The summed E-state index contributed by atoms with van der Waals surface area (Å²) >= 11 is 0. The van der Waals surface area contributed by atoms with E-state index in [9.17, 15) is 24.6 Å². The van der Waals surface area contributed by atoms with Crippen molar-refractivity contribution in [2.75, 3.05) is 0 Å². The molecule has 1 amide bonds. The van der Waals surface area contributed by atoms with Gasteiger partial charge >= 0.3 is 0 Å².